The maximum atomic E-state index is 5.25. The Bertz CT molecular complexity index is 260. The molecule has 1 aromatic heterocycles. The van der Waals surface area contributed by atoms with Gasteiger partial charge in [0, 0.05) is 11.8 Å². The van der Waals surface area contributed by atoms with E-state index in [9.17, 15) is 0 Å². The average molecular weight is 179 g/mol. The lowest BCUT2D eigenvalue weighted by Gasteiger charge is -2.13. The minimum Gasteiger partial charge on any atom is -0.495 e. The van der Waals surface area contributed by atoms with Gasteiger partial charge in [-0.05, 0) is 18.4 Å². The van der Waals surface area contributed by atoms with E-state index in [0.29, 0.717) is 5.92 Å². The van der Waals surface area contributed by atoms with Crippen molar-refractivity contribution in [3.63, 3.8) is 0 Å². The van der Waals surface area contributed by atoms with E-state index in [2.05, 4.69) is 18.8 Å². The molecule has 13 heavy (non-hydrogen) atoms. The van der Waals surface area contributed by atoms with Crippen LogP contribution in [0.4, 0.5) is 0 Å². The van der Waals surface area contributed by atoms with E-state index in [-0.39, 0.29) is 0 Å². The van der Waals surface area contributed by atoms with Gasteiger partial charge in [-0.15, -0.1) is 0 Å². The van der Waals surface area contributed by atoms with Crippen molar-refractivity contribution in [3.05, 3.63) is 24.0 Å². The number of rotatable bonds is 4. The van der Waals surface area contributed by atoms with Gasteiger partial charge in [-0.3, -0.25) is 4.98 Å². The van der Waals surface area contributed by atoms with Crippen LogP contribution in [0.2, 0.25) is 0 Å². The summed E-state index contributed by atoms with van der Waals surface area (Å²) < 4.78 is 5.25. The second kappa shape index (κ2) is 4.85. The van der Waals surface area contributed by atoms with Crippen LogP contribution in [0.15, 0.2) is 18.5 Å². The Morgan fingerprint density at radius 1 is 1.54 bits per heavy atom. The molecule has 0 aromatic carbocycles. The van der Waals surface area contributed by atoms with Gasteiger partial charge in [-0.1, -0.05) is 20.3 Å². The van der Waals surface area contributed by atoms with Crippen LogP contribution < -0.4 is 4.74 Å². The molecule has 1 rings (SSSR count). The molecular weight excluding hydrogens is 162 g/mol. The molecule has 1 aromatic rings. The summed E-state index contributed by atoms with van der Waals surface area (Å²) in [4.78, 5) is 4.03. The first-order valence-electron chi connectivity index (χ1n) is 4.77. The predicted molar refractivity (Wildman–Crippen MR) is 54.1 cm³/mol. The Morgan fingerprint density at radius 3 is 2.92 bits per heavy atom. The maximum absolute atomic E-state index is 5.25. The van der Waals surface area contributed by atoms with Crippen molar-refractivity contribution in [3.8, 4) is 5.75 Å². The van der Waals surface area contributed by atoms with Gasteiger partial charge in [0.2, 0.25) is 0 Å². The average Bonchev–Trinajstić information content (AvgIpc) is 2.18. The first-order valence-corrected chi connectivity index (χ1v) is 4.77. The quantitative estimate of drug-likeness (QED) is 0.708. The maximum Gasteiger partial charge on any atom is 0.140 e. The zero-order valence-corrected chi connectivity index (χ0v) is 8.58. The molecule has 72 valence electrons. The smallest absolute Gasteiger partial charge is 0.140 e. The SMILES string of the molecule is CCCC(C)c1ccncc1OC. The highest BCUT2D eigenvalue weighted by atomic mass is 16.5. The second-order valence-corrected chi connectivity index (χ2v) is 3.31. The minimum atomic E-state index is 0.558. The third-order valence-corrected chi connectivity index (χ3v) is 2.29. The van der Waals surface area contributed by atoms with Crippen LogP contribution in [0.3, 0.4) is 0 Å². The van der Waals surface area contributed by atoms with Crippen molar-refractivity contribution in [2.45, 2.75) is 32.6 Å². The van der Waals surface area contributed by atoms with E-state index in [0.717, 1.165) is 5.75 Å². The van der Waals surface area contributed by atoms with Crippen molar-refractivity contribution in [1.82, 2.24) is 4.98 Å². The predicted octanol–water partition coefficient (Wildman–Crippen LogP) is 2.99. The number of methoxy groups -OCH3 is 1. The van der Waals surface area contributed by atoms with Gasteiger partial charge in [-0.2, -0.15) is 0 Å². The number of nitrogens with zero attached hydrogens (tertiary/aromatic N) is 1. The van der Waals surface area contributed by atoms with Gasteiger partial charge >= 0.3 is 0 Å². The van der Waals surface area contributed by atoms with E-state index >= 15 is 0 Å². The standard InChI is InChI=1S/C11H17NO/c1-4-5-9(2)10-6-7-12-8-11(10)13-3/h6-9H,4-5H2,1-3H3. The van der Waals surface area contributed by atoms with Crippen LogP contribution >= 0.6 is 0 Å². The molecule has 2 heteroatoms. The molecule has 0 saturated heterocycles. The van der Waals surface area contributed by atoms with Gasteiger partial charge in [0.25, 0.3) is 0 Å². The summed E-state index contributed by atoms with van der Waals surface area (Å²) in [6, 6.07) is 2.04. The van der Waals surface area contributed by atoms with Crippen molar-refractivity contribution < 1.29 is 4.74 Å². The number of ether oxygens (including phenoxy) is 1. The summed E-state index contributed by atoms with van der Waals surface area (Å²) in [5.41, 5.74) is 1.26. The summed E-state index contributed by atoms with van der Waals surface area (Å²) in [6.45, 7) is 4.42. The molecule has 0 aliphatic rings. The summed E-state index contributed by atoms with van der Waals surface area (Å²) in [6.07, 6.45) is 6.00. The Labute approximate surface area is 80.0 Å². The van der Waals surface area contributed by atoms with E-state index in [1.54, 1.807) is 13.3 Å². The van der Waals surface area contributed by atoms with Crippen molar-refractivity contribution in [2.75, 3.05) is 7.11 Å². The molecule has 0 aliphatic carbocycles. The zero-order chi connectivity index (χ0) is 9.68. The molecule has 0 bridgehead atoms. The summed E-state index contributed by atoms with van der Waals surface area (Å²) in [7, 11) is 1.69. The fourth-order valence-corrected chi connectivity index (χ4v) is 1.56. The Hall–Kier alpha value is -1.05. The monoisotopic (exact) mass is 179 g/mol. The molecular formula is C11H17NO. The molecule has 0 aliphatic heterocycles. The lowest BCUT2D eigenvalue weighted by Crippen LogP contribution is -1.97. The molecule has 1 heterocycles. The fraction of sp³-hybridized carbons (Fsp3) is 0.545. The second-order valence-electron chi connectivity index (χ2n) is 3.31. The fourth-order valence-electron chi connectivity index (χ4n) is 1.56. The molecule has 0 fully saturated rings. The number of hydrogen-bond donors (Lipinski definition) is 0. The molecule has 1 atom stereocenters. The largest absolute Gasteiger partial charge is 0.495 e. The number of pyridine rings is 1. The van der Waals surface area contributed by atoms with Crippen molar-refractivity contribution in [2.24, 2.45) is 0 Å². The zero-order valence-electron chi connectivity index (χ0n) is 8.58. The lowest BCUT2D eigenvalue weighted by atomic mass is 9.97. The number of hydrogen-bond acceptors (Lipinski definition) is 2. The van der Waals surface area contributed by atoms with E-state index in [1.807, 2.05) is 12.3 Å². The van der Waals surface area contributed by atoms with Crippen LogP contribution in [0.5, 0.6) is 5.75 Å². The van der Waals surface area contributed by atoms with Crippen molar-refractivity contribution in [1.29, 1.82) is 0 Å². The highest BCUT2D eigenvalue weighted by molar-refractivity contribution is 5.32. The summed E-state index contributed by atoms with van der Waals surface area (Å²) in [5, 5.41) is 0. The molecule has 2 nitrogen and oxygen atoms in total. The van der Waals surface area contributed by atoms with E-state index in [4.69, 9.17) is 4.74 Å². The highest BCUT2D eigenvalue weighted by Gasteiger charge is 2.09. The van der Waals surface area contributed by atoms with Crippen LogP contribution in [-0.2, 0) is 0 Å². The van der Waals surface area contributed by atoms with Gasteiger partial charge in [0.1, 0.15) is 5.75 Å². The first-order chi connectivity index (χ1) is 6.29. The Morgan fingerprint density at radius 2 is 2.31 bits per heavy atom. The molecule has 0 amide bonds. The van der Waals surface area contributed by atoms with Crippen LogP contribution in [-0.4, -0.2) is 12.1 Å². The van der Waals surface area contributed by atoms with Crippen LogP contribution in [0.1, 0.15) is 38.2 Å². The normalized spacial score (nSPS) is 12.5. The van der Waals surface area contributed by atoms with E-state index < -0.39 is 0 Å². The molecule has 0 radical (unpaired) electrons. The molecule has 0 saturated carbocycles. The first kappa shape index (κ1) is 10.0. The topological polar surface area (TPSA) is 22.1 Å². The van der Waals surface area contributed by atoms with Gasteiger partial charge in [0.15, 0.2) is 0 Å². The van der Waals surface area contributed by atoms with Crippen LogP contribution in [0, 0.1) is 0 Å². The van der Waals surface area contributed by atoms with E-state index in [1.165, 1.54) is 18.4 Å². The molecule has 1 unspecified atom stereocenters. The third kappa shape index (κ3) is 2.44. The van der Waals surface area contributed by atoms with Crippen LogP contribution in [0.25, 0.3) is 0 Å². The van der Waals surface area contributed by atoms with Gasteiger partial charge < -0.3 is 4.74 Å². The lowest BCUT2D eigenvalue weighted by molar-refractivity contribution is 0.403. The third-order valence-electron chi connectivity index (χ3n) is 2.29. The summed E-state index contributed by atoms with van der Waals surface area (Å²) in [5.74, 6) is 1.46. The highest BCUT2D eigenvalue weighted by Crippen LogP contribution is 2.27. The van der Waals surface area contributed by atoms with Gasteiger partial charge in [0.05, 0.1) is 13.3 Å². The Balaban J connectivity index is 2.85. The van der Waals surface area contributed by atoms with Crippen molar-refractivity contribution >= 4 is 0 Å². The summed E-state index contributed by atoms with van der Waals surface area (Å²) >= 11 is 0. The van der Waals surface area contributed by atoms with Gasteiger partial charge in [-0.25, -0.2) is 0 Å². The Kier molecular flexibility index (Phi) is 3.74. The molecule has 0 N–H and O–H groups in total. The molecule has 0 spiro atoms. The number of aromatic nitrogens is 1. The minimum absolute atomic E-state index is 0.558.